The van der Waals surface area contributed by atoms with E-state index in [-0.39, 0.29) is 0 Å². The highest BCUT2D eigenvalue weighted by atomic mass is 16.5. The van der Waals surface area contributed by atoms with Crippen LogP contribution in [0.2, 0.25) is 0 Å². The van der Waals surface area contributed by atoms with Crippen molar-refractivity contribution in [3.05, 3.63) is 6.92 Å². The topological polar surface area (TPSA) is 49.8 Å². The molecule has 75 valence electrons. The maximum Gasteiger partial charge on any atom is 0.348 e. The fourth-order valence-corrected chi connectivity index (χ4v) is 1.59. The first-order chi connectivity index (χ1) is 6.15. The molecule has 13 heavy (non-hydrogen) atoms. The minimum absolute atomic E-state index is 0.461. The van der Waals surface area contributed by atoms with Crippen LogP contribution in [0.3, 0.4) is 0 Å². The highest BCUT2D eigenvalue weighted by molar-refractivity contribution is 5.71. The van der Waals surface area contributed by atoms with E-state index >= 15 is 0 Å². The molecule has 1 rings (SSSR count). The van der Waals surface area contributed by atoms with Gasteiger partial charge in [-0.3, -0.25) is 4.90 Å². The summed E-state index contributed by atoms with van der Waals surface area (Å²) in [6.45, 7) is 5.47. The van der Waals surface area contributed by atoms with Crippen molar-refractivity contribution in [1.29, 1.82) is 0 Å². The predicted molar refractivity (Wildman–Crippen MR) is 48.1 cm³/mol. The highest BCUT2D eigenvalue weighted by Crippen LogP contribution is 2.17. The quantitative estimate of drug-likeness (QED) is 0.700. The Hall–Kier alpha value is -0.610. The van der Waals surface area contributed by atoms with Gasteiger partial charge in [-0.15, -0.1) is 0 Å². The fraction of sp³-hybridized carbons (Fsp3) is 0.778. The Morgan fingerprint density at radius 3 is 2.54 bits per heavy atom. The average molecular weight is 186 g/mol. The molecule has 0 amide bonds. The van der Waals surface area contributed by atoms with Crippen LogP contribution in [0.5, 0.6) is 0 Å². The fourth-order valence-electron chi connectivity index (χ4n) is 1.59. The number of hydrogen-bond donors (Lipinski definition) is 1. The van der Waals surface area contributed by atoms with Crippen molar-refractivity contribution in [3.63, 3.8) is 0 Å². The summed E-state index contributed by atoms with van der Waals surface area (Å²) < 4.78 is 4.89. The molecule has 4 heteroatoms. The van der Waals surface area contributed by atoms with E-state index < -0.39 is 12.2 Å². The number of rotatable bonds is 3. The third kappa shape index (κ3) is 2.67. The minimum Gasteiger partial charge on any atom is -0.478 e. The average Bonchev–Trinajstić information content (AvgIpc) is 2.09. The lowest BCUT2D eigenvalue weighted by Crippen LogP contribution is -2.46. The maximum atomic E-state index is 10.7. The Balaban J connectivity index is 2.46. The second kappa shape index (κ2) is 4.58. The molecule has 4 nitrogen and oxygen atoms in total. The summed E-state index contributed by atoms with van der Waals surface area (Å²) in [5.74, 6) is -0.451. The van der Waals surface area contributed by atoms with Crippen LogP contribution in [0.4, 0.5) is 0 Å². The summed E-state index contributed by atoms with van der Waals surface area (Å²) in [6.07, 6.45) is 1.12. The SMILES string of the molecule is [CH2]C1CCN(C(OC)C(=O)O)CC1. The summed E-state index contributed by atoms with van der Waals surface area (Å²) in [5.41, 5.74) is 0. The molecule has 1 radical (unpaired) electrons. The van der Waals surface area contributed by atoms with E-state index in [4.69, 9.17) is 9.84 Å². The first-order valence-electron chi connectivity index (χ1n) is 4.48. The van der Waals surface area contributed by atoms with Gasteiger partial charge in [0.2, 0.25) is 6.23 Å². The number of ether oxygens (including phenoxy) is 1. The first kappa shape index (κ1) is 10.5. The van der Waals surface area contributed by atoms with Gasteiger partial charge in [-0.25, -0.2) is 4.79 Å². The Kier molecular flexibility index (Phi) is 3.69. The Bertz CT molecular complexity index is 176. The lowest BCUT2D eigenvalue weighted by molar-refractivity contribution is -0.162. The first-order valence-corrected chi connectivity index (χ1v) is 4.48. The maximum absolute atomic E-state index is 10.7. The van der Waals surface area contributed by atoms with Crippen LogP contribution < -0.4 is 0 Å². The smallest absolute Gasteiger partial charge is 0.348 e. The zero-order chi connectivity index (χ0) is 9.84. The van der Waals surface area contributed by atoms with Crippen molar-refractivity contribution >= 4 is 5.97 Å². The van der Waals surface area contributed by atoms with Gasteiger partial charge < -0.3 is 9.84 Å². The standard InChI is InChI=1S/C9H16NO3/c1-7-3-5-10(6-4-7)8(13-2)9(11)12/h7-8H,1,3-6H2,2H3,(H,11,12). The number of piperidine rings is 1. The van der Waals surface area contributed by atoms with Crippen LogP contribution in [0, 0.1) is 12.8 Å². The lowest BCUT2D eigenvalue weighted by Gasteiger charge is -2.33. The van der Waals surface area contributed by atoms with Crippen LogP contribution in [-0.2, 0) is 9.53 Å². The molecule has 0 spiro atoms. The normalized spacial score (nSPS) is 22.9. The molecule has 1 aliphatic rings. The number of carbonyl (C=O) groups is 1. The van der Waals surface area contributed by atoms with Crippen LogP contribution in [0.25, 0.3) is 0 Å². The van der Waals surface area contributed by atoms with E-state index in [2.05, 4.69) is 6.92 Å². The molecule has 1 N–H and O–H groups in total. The number of likely N-dealkylation sites (tertiary alicyclic amines) is 1. The number of hydrogen-bond acceptors (Lipinski definition) is 3. The third-order valence-corrected chi connectivity index (χ3v) is 2.42. The summed E-state index contributed by atoms with van der Waals surface area (Å²) in [7, 11) is 1.43. The molecular weight excluding hydrogens is 170 g/mol. The number of methoxy groups -OCH3 is 1. The van der Waals surface area contributed by atoms with E-state index in [1.54, 1.807) is 0 Å². The monoisotopic (exact) mass is 186 g/mol. The molecule has 1 saturated heterocycles. The van der Waals surface area contributed by atoms with Gasteiger partial charge in [0.1, 0.15) is 0 Å². The molecule has 0 aliphatic carbocycles. The Morgan fingerprint density at radius 1 is 1.62 bits per heavy atom. The van der Waals surface area contributed by atoms with Crippen molar-refractivity contribution in [2.24, 2.45) is 5.92 Å². The largest absolute Gasteiger partial charge is 0.478 e. The van der Waals surface area contributed by atoms with Gasteiger partial charge in [0.25, 0.3) is 0 Å². The summed E-state index contributed by atoms with van der Waals surface area (Å²) in [5, 5.41) is 8.81. The number of nitrogens with zero attached hydrogens (tertiary/aromatic N) is 1. The Labute approximate surface area is 78.5 Å². The lowest BCUT2D eigenvalue weighted by atomic mass is 9.99. The van der Waals surface area contributed by atoms with Crippen molar-refractivity contribution in [2.75, 3.05) is 20.2 Å². The van der Waals surface area contributed by atoms with Crippen molar-refractivity contribution < 1.29 is 14.6 Å². The van der Waals surface area contributed by atoms with Gasteiger partial charge in [-0.05, 0) is 18.8 Å². The number of carboxylic acids is 1. The van der Waals surface area contributed by atoms with E-state index in [0.29, 0.717) is 5.92 Å². The second-order valence-corrected chi connectivity index (χ2v) is 3.41. The van der Waals surface area contributed by atoms with Gasteiger partial charge in [0.15, 0.2) is 0 Å². The molecular formula is C9H16NO3. The third-order valence-electron chi connectivity index (χ3n) is 2.42. The Morgan fingerprint density at radius 2 is 2.15 bits per heavy atom. The van der Waals surface area contributed by atoms with Gasteiger partial charge in [0, 0.05) is 20.2 Å². The van der Waals surface area contributed by atoms with Crippen molar-refractivity contribution in [2.45, 2.75) is 19.1 Å². The molecule has 1 heterocycles. The summed E-state index contributed by atoms with van der Waals surface area (Å²) >= 11 is 0. The van der Waals surface area contributed by atoms with Crippen molar-refractivity contribution in [3.8, 4) is 0 Å². The van der Waals surface area contributed by atoms with Crippen LogP contribution in [0.15, 0.2) is 0 Å². The van der Waals surface area contributed by atoms with Gasteiger partial charge in [-0.1, -0.05) is 6.92 Å². The highest BCUT2D eigenvalue weighted by Gasteiger charge is 2.27. The second-order valence-electron chi connectivity index (χ2n) is 3.41. The van der Waals surface area contributed by atoms with Crippen molar-refractivity contribution in [1.82, 2.24) is 4.90 Å². The molecule has 1 fully saturated rings. The van der Waals surface area contributed by atoms with Crippen LogP contribution in [-0.4, -0.2) is 42.4 Å². The minimum atomic E-state index is -0.912. The number of carboxylic acid groups (broad SMARTS) is 1. The van der Waals surface area contributed by atoms with Gasteiger partial charge in [-0.2, -0.15) is 0 Å². The molecule has 0 aromatic rings. The zero-order valence-corrected chi connectivity index (χ0v) is 7.90. The van der Waals surface area contributed by atoms with Gasteiger partial charge in [0.05, 0.1) is 0 Å². The predicted octanol–water partition coefficient (Wildman–Crippen LogP) is 0.590. The summed E-state index contributed by atoms with van der Waals surface area (Å²) in [4.78, 5) is 12.6. The molecule has 0 saturated carbocycles. The number of aliphatic carboxylic acids is 1. The van der Waals surface area contributed by atoms with E-state index in [1.807, 2.05) is 4.90 Å². The molecule has 1 atom stereocenters. The molecule has 0 bridgehead atoms. The zero-order valence-electron chi connectivity index (χ0n) is 7.90. The molecule has 0 aromatic carbocycles. The van der Waals surface area contributed by atoms with E-state index in [9.17, 15) is 4.79 Å². The van der Waals surface area contributed by atoms with Crippen LogP contribution in [0.1, 0.15) is 12.8 Å². The summed E-state index contributed by atoms with van der Waals surface area (Å²) in [6, 6.07) is 0. The van der Waals surface area contributed by atoms with E-state index in [0.717, 1.165) is 25.9 Å². The van der Waals surface area contributed by atoms with E-state index in [1.165, 1.54) is 7.11 Å². The molecule has 1 unspecified atom stereocenters. The van der Waals surface area contributed by atoms with Crippen LogP contribution >= 0.6 is 0 Å². The van der Waals surface area contributed by atoms with Gasteiger partial charge >= 0.3 is 5.97 Å². The molecule has 0 aromatic heterocycles. The molecule has 1 aliphatic heterocycles.